The van der Waals surface area contributed by atoms with E-state index in [0.29, 0.717) is 11.3 Å². The van der Waals surface area contributed by atoms with E-state index in [1.807, 2.05) is 12.1 Å². The number of aromatic nitrogens is 2. The molecule has 2 heterocycles. The lowest BCUT2D eigenvalue weighted by Crippen LogP contribution is -2.26. The normalized spacial score (nSPS) is 12.6. The van der Waals surface area contributed by atoms with Gasteiger partial charge in [-0.1, -0.05) is 121 Å². The topological polar surface area (TPSA) is 53.9 Å². The van der Waals surface area contributed by atoms with Crippen LogP contribution in [0, 0.1) is 17.9 Å². The molecule has 10 rings (SSSR count). The van der Waals surface area contributed by atoms with E-state index in [0.717, 1.165) is 44.8 Å². The number of rotatable bonds is 4. The summed E-state index contributed by atoms with van der Waals surface area (Å²) in [5.74, 6) is 0. The Balaban J connectivity index is 1.13. The standard InChI is InChI=1S/C49H28N4/c1-51-38-23-25-53-48(29-38)35-16-12-33(13-17-35)37-19-21-42-41-20-18-36(32-10-14-34(15-11-32)47-26-31(30-50)22-24-52-47)27-45(41)49(46(42)28-37)43-8-4-2-6-39(43)40-7-3-5-9-44(40)49/h2-29H. The lowest BCUT2D eigenvalue weighted by molar-refractivity contribution is 0.794. The molecule has 4 nitrogen and oxygen atoms in total. The van der Waals surface area contributed by atoms with Crippen molar-refractivity contribution in [1.29, 1.82) is 5.26 Å². The van der Waals surface area contributed by atoms with Crippen LogP contribution in [0.25, 0.3) is 71.9 Å². The number of nitrogens with zero attached hydrogens (tertiary/aromatic N) is 4. The third-order valence-corrected chi connectivity index (χ3v) is 10.9. The number of fused-ring (bicyclic) bond motifs is 10. The van der Waals surface area contributed by atoms with Crippen LogP contribution in [0.5, 0.6) is 0 Å². The summed E-state index contributed by atoms with van der Waals surface area (Å²) >= 11 is 0. The molecule has 8 aromatic rings. The summed E-state index contributed by atoms with van der Waals surface area (Å²) in [7, 11) is 0. The van der Waals surface area contributed by atoms with Gasteiger partial charge in [-0.3, -0.25) is 9.97 Å². The molecule has 0 bridgehead atoms. The fourth-order valence-corrected chi connectivity index (χ4v) is 8.47. The highest BCUT2D eigenvalue weighted by Gasteiger charge is 2.51. The summed E-state index contributed by atoms with van der Waals surface area (Å²) in [4.78, 5) is 12.6. The van der Waals surface area contributed by atoms with Gasteiger partial charge >= 0.3 is 0 Å². The van der Waals surface area contributed by atoms with Crippen LogP contribution in [0.3, 0.4) is 0 Å². The molecule has 0 radical (unpaired) electrons. The second-order valence-electron chi connectivity index (χ2n) is 13.6. The Kier molecular flexibility index (Phi) is 6.80. The summed E-state index contributed by atoms with van der Waals surface area (Å²) in [6, 6.07) is 58.0. The smallest absolute Gasteiger partial charge is 0.190 e. The second-order valence-corrected chi connectivity index (χ2v) is 13.6. The molecule has 4 heteroatoms. The number of hydrogen-bond acceptors (Lipinski definition) is 3. The molecule has 0 saturated heterocycles. The van der Waals surface area contributed by atoms with E-state index in [1.165, 1.54) is 44.5 Å². The molecule has 0 unspecified atom stereocenters. The Hall–Kier alpha value is -7.40. The Labute approximate surface area is 307 Å². The quantitative estimate of drug-likeness (QED) is 0.175. The number of benzene rings is 6. The largest absolute Gasteiger partial charge is 0.259 e. The first kappa shape index (κ1) is 30.4. The summed E-state index contributed by atoms with van der Waals surface area (Å²) < 4.78 is 0. The van der Waals surface area contributed by atoms with Crippen LogP contribution < -0.4 is 0 Å². The molecule has 0 aliphatic heterocycles. The fourth-order valence-electron chi connectivity index (χ4n) is 8.47. The summed E-state index contributed by atoms with van der Waals surface area (Å²) in [5, 5.41) is 9.40. The fraction of sp³-hybridized carbons (Fsp3) is 0.0204. The first-order chi connectivity index (χ1) is 26.1. The molecule has 6 aromatic carbocycles. The Bertz CT molecular complexity index is 2660. The zero-order valence-corrected chi connectivity index (χ0v) is 28.5. The van der Waals surface area contributed by atoms with Gasteiger partial charge < -0.3 is 0 Å². The molecule has 2 aliphatic carbocycles. The predicted octanol–water partition coefficient (Wildman–Crippen LogP) is 11.9. The molecule has 2 aliphatic rings. The highest BCUT2D eigenvalue weighted by atomic mass is 14.7. The van der Waals surface area contributed by atoms with Crippen LogP contribution in [0.4, 0.5) is 5.69 Å². The molecule has 1 spiro atoms. The van der Waals surface area contributed by atoms with Crippen LogP contribution in [-0.4, -0.2) is 9.97 Å². The average Bonchev–Trinajstić information content (AvgIpc) is 3.70. The Morgan fingerprint density at radius 2 is 0.906 bits per heavy atom. The van der Waals surface area contributed by atoms with Crippen molar-refractivity contribution < 1.29 is 0 Å². The van der Waals surface area contributed by atoms with Crippen molar-refractivity contribution in [2.24, 2.45) is 0 Å². The highest BCUT2D eigenvalue weighted by Crippen LogP contribution is 2.63. The maximum atomic E-state index is 9.40. The van der Waals surface area contributed by atoms with Gasteiger partial charge in [-0.25, -0.2) is 4.85 Å². The van der Waals surface area contributed by atoms with Gasteiger partial charge in [-0.15, -0.1) is 0 Å². The zero-order valence-electron chi connectivity index (χ0n) is 28.5. The molecule has 0 N–H and O–H groups in total. The third kappa shape index (κ3) is 4.60. The monoisotopic (exact) mass is 672 g/mol. The highest BCUT2D eigenvalue weighted by molar-refractivity contribution is 5.97. The first-order valence-corrected chi connectivity index (χ1v) is 17.6. The molecule has 0 saturated carbocycles. The van der Waals surface area contributed by atoms with E-state index < -0.39 is 5.41 Å². The third-order valence-electron chi connectivity index (χ3n) is 10.9. The van der Waals surface area contributed by atoms with Crippen molar-refractivity contribution in [2.45, 2.75) is 5.41 Å². The van der Waals surface area contributed by atoms with Crippen molar-refractivity contribution in [1.82, 2.24) is 9.97 Å². The van der Waals surface area contributed by atoms with Crippen molar-refractivity contribution in [3.8, 4) is 73.1 Å². The van der Waals surface area contributed by atoms with Gasteiger partial charge in [-0.05, 0) is 109 Å². The molecule has 0 fully saturated rings. The lowest BCUT2D eigenvalue weighted by atomic mass is 9.70. The molecule has 53 heavy (non-hydrogen) atoms. The second kappa shape index (κ2) is 11.8. The molecule has 0 atom stereocenters. The summed E-state index contributed by atoms with van der Waals surface area (Å²) in [5.41, 5.74) is 19.0. The Morgan fingerprint density at radius 3 is 1.43 bits per heavy atom. The number of hydrogen-bond donors (Lipinski definition) is 0. The van der Waals surface area contributed by atoms with E-state index in [2.05, 4.69) is 154 Å². The summed E-state index contributed by atoms with van der Waals surface area (Å²) in [6.07, 6.45) is 3.38. The SMILES string of the molecule is [C-]#[N+]c1ccnc(-c2ccc(-c3ccc4c(c3)C3(c5ccccc5-c5ccccc53)c3cc(-c5ccc(-c6cc(C#N)ccn6)cc5)ccc3-4)cc2)c1. The van der Waals surface area contributed by atoms with Gasteiger partial charge in [-0.2, -0.15) is 5.26 Å². The van der Waals surface area contributed by atoms with Crippen LogP contribution in [0.15, 0.2) is 170 Å². The molecular formula is C49H28N4. The van der Waals surface area contributed by atoms with Crippen molar-refractivity contribution in [3.05, 3.63) is 209 Å². The summed E-state index contributed by atoms with van der Waals surface area (Å²) in [6.45, 7) is 7.41. The van der Waals surface area contributed by atoms with Crippen molar-refractivity contribution in [3.63, 3.8) is 0 Å². The number of pyridine rings is 2. The lowest BCUT2D eigenvalue weighted by Gasteiger charge is -2.31. The van der Waals surface area contributed by atoms with Gasteiger partial charge in [0.1, 0.15) is 0 Å². The average molecular weight is 673 g/mol. The van der Waals surface area contributed by atoms with Crippen LogP contribution in [-0.2, 0) is 5.41 Å². The maximum Gasteiger partial charge on any atom is 0.190 e. The predicted molar refractivity (Wildman–Crippen MR) is 211 cm³/mol. The minimum atomic E-state index is -0.491. The number of nitriles is 1. The van der Waals surface area contributed by atoms with Crippen molar-refractivity contribution >= 4 is 5.69 Å². The first-order valence-electron chi connectivity index (χ1n) is 17.6. The Morgan fingerprint density at radius 1 is 0.453 bits per heavy atom. The minimum Gasteiger partial charge on any atom is -0.259 e. The van der Waals surface area contributed by atoms with E-state index in [-0.39, 0.29) is 0 Å². The van der Waals surface area contributed by atoms with Crippen molar-refractivity contribution in [2.75, 3.05) is 0 Å². The maximum absolute atomic E-state index is 9.40. The van der Waals surface area contributed by atoms with Gasteiger partial charge in [0.15, 0.2) is 5.69 Å². The van der Waals surface area contributed by atoms with Crippen LogP contribution in [0.1, 0.15) is 27.8 Å². The van der Waals surface area contributed by atoms with E-state index in [4.69, 9.17) is 6.57 Å². The van der Waals surface area contributed by atoms with E-state index in [1.54, 1.807) is 24.5 Å². The zero-order chi connectivity index (χ0) is 35.5. The molecular weight excluding hydrogens is 645 g/mol. The van der Waals surface area contributed by atoms with Gasteiger partial charge in [0.25, 0.3) is 0 Å². The molecule has 0 amide bonds. The van der Waals surface area contributed by atoms with Gasteiger partial charge in [0, 0.05) is 18.0 Å². The molecule has 2 aromatic heterocycles. The molecule has 244 valence electrons. The van der Waals surface area contributed by atoms with Crippen LogP contribution in [0.2, 0.25) is 0 Å². The van der Waals surface area contributed by atoms with Gasteiger partial charge in [0.05, 0.1) is 35.0 Å². The van der Waals surface area contributed by atoms with Gasteiger partial charge in [0.2, 0.25) is 0 Å². The minimum absolute atomic E-state index is 0.491. The van der Waals surface area contributed by atoms with E-state index in [9.17, 15) is 5.26 Å². The van der Waals surface area contributed by atoms with Crippen LogP contribution >= 0.6 is 0 Å². The van der Waals surface area contributed by atoms with E-state index >= 15 is 0 Å².